The lowest BCUT2D eigenvalue weighted by atomic mass is 10.2. The van der Waals surface area contributed by atoms with Crippen molar-refractivity contribution in [2.45, 2.75) is 6.54 Å². The molecule has 0 atom stereocenters. The van der Waals surface area contributed by atoms with Crippen molar-refractivity contribution in [2.24, 2.45) is 0 Å². The summed E-state index contributed by atoms with van der Waals surface area (Å²) in [6, 6.07) is 7.47. The highest BCUT2D eigenvalue weighted by atomic mass is 35.5. The Labute approximate surface area is 120 Å². The van der Waals surface area contributed by atoms with Crippen LogP contribution in [-0.4, -0.2) is 22.2 Å². The molecule has 0 unspecified atom stereocenters. The summed E-state index contributed by atoms with van der Waals surface area (Å²) in [5.41, 5.74) is 0.839. The van der Waals surface area contributed by atoms with E-state index in [1.165, 1.54) is 0 Å². The highest BCUT2D eigenvalue weighted by Gasteiger charge is 2.08. The summed E-state index contributed by atoms with van der Waals surface area (Å²) in [7, 11) is 1.60. The molecule has 0 aliphatic carbocycles. The molecule has 0 aliphatic heterocycles. The van der Waals surface area contributed by atoms with Crippen LogP contribution in [0.5, 0.6) is 5.75 Å². The zero-order valence-corrected chi connectivity index (χ0v) is 11.5. The Bertz CT molecular complexity index is 667. The SMILES string of the molecule is COc1ccc(CNc2[nH]c(=O)cnc2C(=N)Cl)cc1. The van der Waals surface area contributed by atoms with Crippen molar-refractivity contribution >= 4 is 22.6 Å². The Hall–Kier alpha value is -2.34. The van der Waals surface area contributed by atoms with Crippen molar-refractivity contribution in [3.8, 4) is 5.75 Å². The zero-order valence-electron chi connectivity index (χ0n) is 10.7. The van der Waals surface area contributed by atoms with E-state index in [9.17, 15) is 4.79 Å². The molecular formula is C13H13ClN4O2. The molecular weight excluding hydrogens is 280 g/mol. The van der Waals surface area contributed by atoms with Crippen LogP contribution < -0.4 is 15.6 Å². The number of methoxy groups -OCH3 is 1. The standard InChI is InChI=1S/C13H13ClN4O2/c1-20-9-4-2-8(3-5-9)6-17-13-11(12(14)15)16-7-10(19)18-13/h2-5,7,15H,6H2,1H3,(H2,17,18,19). The molecule has 0 aliphatic rings. The minimum absolute atomic E-state index is 0.208. The number of aromatic amines is 1. The van der Waals surface area contributed by atoms with Crippen LogP contribution in [0.1, 0.15) is 11.3 Å². The van der Waals surface area contributed by atoms with Gasteiger partial charge in [0.25, 0.3) is 5.56 Å². The van der Waals surface area contributed by atoms with Gasteiger partial charge in [0.1, 0.15) is 17.3 Å². The largest absolute Gasteiger partial charge is 0.497 e. The van der Waals surface area contributed by atoms with Gasteiger partial charge in [-0.15, -0.1) is 0 Å². The molecule has 0 amide bonds. The quantitative estimate of drug-likeness (QED) is 0.735. The van der Waals surface area contributed by atoms with Gasteiger partial charge in [-0.25, -0.2) is 4.98 Å². The van der Waals surface area contributed by atoms with Gasteiger partial charge in [-0.2, -0.15) is 0 Å². The maximum atomic E-state index is 11.3. The van der Waals surface area contributed by atoms with E-state index in [-0.39, 0.29) is 16.4 Å². The summed E-state index contributed by atoms with van der Waals surface area (Å²) < 4.78 is 5.07. The molecule has 0 bridgehead atoms. The van der Waals surface area contributed by atoms with E-state index in [1.54, 1.807) is 7.11 Å². The number of anilines is 1. The van der Waals surface area contributed by atoms with E-state index < -0.39 is 0 Å². The number of hydrogen-bond donors (Lipinski definition) is 3. The number of H-pyrrole nitrogens is 1. The van der Waals surface area contributed by atoms with Crippen molar-refractivity contribution < 1.29 is 4.74 Å². The van der Waals surface area contributed by atoms with E-state index in [4.69, 9.17) is 21.7 Å². The fourth-order valence-corrected chi connectivity index (χ4v) is 1.77. The average Bonchev–Trinajstić information content (AvgIpc) is 2.45. The third-order valence-corrected chi connectivity index (χ3v) is 2.81. The van der Waals surface area contributed by atoms with Crippen molar-refractivity contribution in [3.63, 3.8) is 0 Å². The molecule has 6 nitrogen and oxygen atoms in total. The Balaban J connectivity index is 2.15. The summed E-state index contributed by atoms with van der Waals surface area (Å²) >= 11 is 5.62. The smallest absolute Gasteiger partial charge is 0.267 e. The van der Waals surface area contributed by atoms with Crippen molar-refractivity contribution in [1.29, 1.82) is 5.41 Å². The third-order valence-electron chi connectivity index (χ3n) is 2.63. The highest BCUT2D eigenvalue weighted by molar-refractivity contribution is 6.68. The van der Waals surface area contributed by atoms with Gasteiger partial charge in [0.05, 0.1) is 13.3 Å². The van der Waals surface area contributed by atoms with Crippen LogP contribution in [0.3, 0.4) is 0 Å². The summed E-state index contributed by atoms with van der Waals surface area (Å²) in [6.07, 6.45) is 1.09. The topological polar surface area (TPSA) is 90.9 Å². The van der Waals surface area contributed by atoms with E-state index in [0.717, 1.165) is 17.5 Å². The van der Waals surface area contributed by atoms with Crippen molar-refractivity contribution in [1.82, 2.24) is 9.97 Å². The van der Waals surface area contributed by atoms with E-state index in [2.05, 4.69) is 15.3 Å². The molecule has 1 heterocycles. The number of rotatable bonds is 5. The van der Waals surface area contributed by atoms with Crippen LogP contribution in [0.15, 0.2) is 35.3 Å². The van der Waals surface area contributed by atoms with Crippen LogP contribution in [0.4, 0.5) is 5.82 Å². The lowest BCUT2D eigenvalue weighted by Crippen LogP contribution is -2.15. The summed E-state index contributed by atoms with van der Waals surface area (Å²) in [5.74, 6) is 1.10. The summed E-state index contributed by atoms with van der Waals surface area (Å²) in [6.45, 7) is 0.461. The number of nitrogens with zero attached hydrogens (tertiary/aromatic N) is 1. The molecule has 0 fully saturated rings. The molecule has 0 radical (unpaired) electrons. The van der Waals surface area contributed by atoms with Gasteiger partial charge in [0.2, 0.25) is 0 Å². The van der Waals surface area contributed by atoms with Gasteiger partial charge >= 0.3 is 0 Å². The summed E-state index contributed by atoms with van der Waals surface area (Å²) in [5, 5.41) is 10.2. The highest BCUT2D eigenvalue weighted by Crippen LogP contribution is 2.14. The number of aromatic nitrogens is 2. The summed E-state index contributed by atoms with van der Waals surface area (Å²) in [4.78, 5) is 17.7. The minimum Gasteiger partial charge on any atom is -0.497 e. The lowest BCUT2D eigenvalue weighted by molar-refractivity contribution is 0.414. The second kappa shape index (κ2) is 6.21. The number of nitrogens with one attached hydrogen (secondary N) is 3. The molecule has 104 valence electrons. The van der Waals surface area contributed by atoms with Crippen LogP contribution in [0, 0.1) is 5.41 Å². The Morgan fingerprint density at radius 1 is 1.45 bits per heavy atom. The molecule has 1 aromatic heterocycles. The fourth-order valence-electron chi connectivity index (χ4n) is 1.63. The van der Waals surface area contributed by atoms with Gasteiger partial charge in [-0.3, -0.25) is 10.2 Å². The molecule has 0 saturated carbocycles. The fraction of sp³-hybridized carbons (Fsp3) is 0.154. The van der Waals surface area contributed by atoms with Crippen molar-refractivity contribution in [3.05, 3.63) is 52.1 Å². The van der Waals surface area contributed by atoms with Crippen molar-refractivity contribution in [2.75, 3.05) is 12.4 Å². The first-order valence-corrected chi connectivity index (χ1v) is 6.18. The van der Waals surface area contributed by atoms with E-state index in [0.29, 0.717) is 12.4 Å². The van der Waals surface area contributed by atoms with Gasteiger partial charge in [-0.1, -0.05) is 23.7 Å². The van der Waals surface area contributed by atoms with Gasteiger partial charge in [-0.05, 0) is 17.7 Å². The molecule has 20 heavy (non-hydrogen) atoms. The Morgan fingerprint density at radius 2 is 2.15 bits per heavy atom. The van der Waals surface area contributed by atoms with Crippen LogP contribution >= 0.6 is 11.6 Å². The second-order valence-corrected chi connectivity index (χ2v) is 4.36. The minimum atomic E-state index is -0.358. The first-order chi connectivity index (χ1) is 9.60. The molecule has 3 N–H and O–H groups in total. The number of halogens is 1. The Morgan fingerprint density at radius 3 is 2.75 bits per heavy atom. The normalized spacial score (nSPS) is 10.1. The number of benzene rings is 1. The zero-order chi connectivity index (χ0) is 14.5. The van der Waals surface area contributed by atoms with Crippen LogP contribution in [0.25, 0.3) is 0 Å². The predicted octanol–water partition coefficient (Wildman–Crippen LogP) is 1.95. The predicted molar refractivity (Wildman–Crippen MR) is 77.9 cm³/mol. The number of hydrogen-bond acceptors (Lipinski definition) is 5. The third kappa shape index (κ3) is 3.36. The first kappa shape index (κ1) is 14.1. The molecule has 1 aromatic carbocycles. The first-order valence-electron chi connectivity index (χ1n) is 5.80. The average molecular weight is 293 g/mol. The van der Waals surface area contributed by atoms with Gasteiger partial charge in [0, 0.05) is 6.54 Å². The maximum Gasteiger partial charge on any atom is 0.267 e. The molecule has 2 rings (SSSR count). The van der Waals surface area contributed by atoms with Crippen LogP contribution in [-0.2, 0) is 6.54 Å². The molecule has 2 aromatic rings. The van der Waals surface area contributed by atoms with Gasteiger partial charge in [0.15, 0.2) is 5.17 Å². The number of ether oxygens (including phenoxy) is 1. The van der Waals surface area contributed by atoms with Gasteiger partial charge < -0.3 is 15.0 Å². The maximum absolute atomic E-state index is 11.3. The molecule has 0 saturated heterocycles. The van der Waals surface area contributed by atoms with E-state index in [1.807, 2.05) is 24.3 Å². The van der Waals surface area contributed by atoms with Crippen LogP contribution in [0.2, 0.25) is 0 Å². The Kier molecular flexibility index (Phi) is 4.37. The monoisotopic (exact) mass is 292 g/mol. The second-order valence-electron chi connectivity index (χ2n) is 3.99. The van der Waals surface area contributed by atoms with E-state index >= 15 is 0 Å². The molecule has 0 spiro atoms. The molecule has 7 heteroatoms. The lowest BCUT2D eigenvalue weighted by Gasteiger charge is -2.09.